The number of carbonyl (C=O) groups is 1. The van der Waals surface area contributed by atoms with Gasteiger partial charge in [-0.3, -0.25) is 9.10 Å². The highest BCUT2D eigenvalue weighted by atomic mass is 35.5. The molecule has 2 aromatic carbocycles. The molecule has 1 amide bonds. The molecule has 1 N–H and O–H groups in total. The summed E-state index contributed by atoms with van der Waals surface area (Å²) in [4.78, 5) is 12.7. The predicted octanol–water partition coefficient (Wildman–Crippen LogP) is 4.55. The van der Waals surface area contributed by atoms with E-state index in [1.54, 1.807) is 6.92 Å². The van der Waals surface area contributed by atoms with Crippen molar-refractivity contribution in [3.63, 3.8) is 0 Å². The van der Waals surface area contributed by atoms with Crippen LogP contribution in [0.5, 0.6) is 5.75 Å². The number of ether oxygens (including phenoxy) is 1. The molecule has 0 saturated heterocycles. The summed E-state index contributed by atoms with van der Waals surface area (Å²) in [7, 11) is -3.94. The molecule has 0 aliphatic rings. The summed E-state index contributed by atoms with van der Waals surface area (Å²) in [6.45, 7) is 3.47. The molecule has 2 rings (SSSR count). The number of nitrogens with one attached hydrogen (secondary N) is 1. The molecule has 0 heterocycles. The highest BCUT2D eigenvalue weighted by Gasteiger charge is 2.35. The molecule has 6 nitrogen and oxygen atoms in total. The molecule has 0 bridgehead atoms. The number of sulfonamides is 1. The molecule has 0 aromatic heterocycles. The largest absolute Gasteiger partial charge is 0.494 e. The van der Waals surface area contributed by atoms with E-state index < -0.39 is 39.4 Å². The van der Waals surface area contributed by atoms with E-state index in [9.17, 15) is 26.4 Å². The van der Waals surface area contributed by atoms with Crippen molar-refractivity contribution in [3.05, 3.63) is 53.1 Å². The van der Waals surface area contributed by atoms with Gasteiger partial charge in [0.15, 0.2) is 0 Å². The van der Waals surface area contributed by atoms with Crippen molar-refractivity contribution in [1.29, 1.82) is 0 Å². The number of rotatable bonds is 7. The van der Waals surface area contributed by atoms with Crippen LogP contribution in [0, 0.1) is 0 Å². The van der Waals surface area contributed by atoms with Crippen LogP contribution in [0.4, 0.5) is 24.5 Å². The number of carbonyl (C=O) groups excluding carboxylic acids is 1. The lowest BCUT2D eigenvalue weighted by Crippen LogP contribution is -2.45. The van der Waals surface area contributed by atoms with Gasteiger partial charge in [0.2, 0.25) is 15.9 Å². The molecule has 11 heteroatoms. The first kappa shape index (κ1) is 23.8. The average Bonchev–Trinajstić information content (AvgIpc) is 2.63. The lowest BCUT2D eigenvalue weighted by Gasteiger charge is -2.28. The molecular formula is C19H20ClF3N2O4S. The topological polar surface area (TPSA) is 75.7 Å². The molecule has 2 aromatic rings. The standard InChI is InChI=1S/C19H20ClF3N2O4S/c1-4-29-15-8-6-14(7-9-15)25(30(3,27)28)12(2)18(26)24-17-10-5-13(20)11-16(17)19(21,22)23/h5-12H,4H2,1-3H3,(H,24,26)/t12-/m0/s1. The number of nitrogens with zero attached hydrogens (tertiary/aromatic N) is 1. The van der Waals surface area contributed by atoms with Gasteiger partial charge in [0, 0.05) is 5.02 Å². The van der Waals surface area contributed by atoms with Gasteiger partial charge in [0.25, 0.3) is 0 Å². The smallest absolute Gasteiger partial charge is 0.418 e. The number of anilines is 2. The first-order valence-electron chi connectivity index (χ1n) is 8.74. The normalized spacial score (nSPS) is 12.9. The van der Waals surface area contributed by atoms with Crippen LogP contribution in [0.2, 0.25) is 5.02 Å². The minimum Gasteiger partial charge on any atom is -0.494 e. The van der Waals surface area contributed by atoms with Gasteiger partial charge in [-0.2, -0.15) is 13.2 Å². The van der Waals surface area contributed by atoms with Gasteiger partial charge in [0.05, 0.1) is 29.8 Å². The molecule has 0 radical (unpaired) electrons. The summed E-state index contributed by atoms with van der Waals surface area (Å²) >= 11 is 5.64. The summed E-state index contributed by atoms with van der Waals surface area (Å²) in [5, 5.41) is 2.00. The fourth-order valence-electron chi connectivity index (χ4n) is 2.76. The van der Waals surface area contributed by atoms with Crippen LogP contribution < -0.4 is 14.4 Å². The number of hydrogen-bond donors (Lipinski definition) is 1. The van der Waals surface area contributed by atoms with Gasteiger partial charge in [-0.15, -0.1) is 0 Å². The van der Waals surface area contributed by atoms with E-state index in [2.05, 4.69) is 5.32 Å². The van der Waals surface area contributed by atoms with Crippen LogP contribution in [0.3, 0.4) is 0 Å². The number of halogens is 4. The van der Waals surface area contributed by atoms with Crippen molar-refractivity contribution in [1.82, 2.24) is 0 Å². The molecule has 0 aliphatic heterocycles. The Morgan fingerprint density at radius 1 is 1.20 bits per heavy atom. The molecule has 0 fully saturated rings. The quantitative estimate of drug-likeness (QED) is 0.652. The lowest BCUT2D eigenvalue weighted by molar-refractivity contribution is -0.137. The second-order valence-corrected chi connectivity index (χ2v) is 8.63. The average molecular weight is 465 g/mol. The second-order valence-electron chi connectivity index (χ2n) is 6.34. The van der Waals surface area contributed by atoms with Gasteiger partial charge in [0.1, 0.15) is 11.8 Å². The first-order valence-corrected chi connectivity index (χ1v) is 11.0. The van der Waals surface area contributed by atoms with Gasteiger partial charge >= 0.3 is 6.18 Å². The van der Waals surface area contributed by atoms with Crippen molar-refractivity contribution >= 4 is 38.9 Å². The maximum absolute atomic E-state index is 13.3. The first-order chi connectivity index (χ1) is 13.8. The van der Waals surface area contributed by atoms with Crippen LogP contribution in [-0.4, -0.2) is 33.2 Å². The van der Waals surface area contributed by atoms with E-state index in [0.717, 1.165) is 16.6 Å². The Morgan fingerprint density at radius 2 is 1.80 bits per heavy atom. The highest BCUT2D eigenvalue weighted by molar-refractivity contribution is 7.92. The second kappa shape index (κ2) is 9.13. The van der Waals surface area contributed by atoms with Crippen LogP contribution >= 0.6 is 11.6 Å². The maximum atomic E-state index is 13.3. The van der Waals surface area contributed by atoms with Crippen LogP contribution in [0.1, 0.15) is 19.4 Å². The number of hydrogen-bond acceptors (Lipinski definition) is 4. The fraction of sp³-hybridized carbons (Fsp3) is 0.316. The molecule has 0 spiro atoms. The highest BCUT2D eigenvalue weighted by Crippen LogP contribution is 2.36. The Labute approximate surface area is 177 Å². The van der Waals surface area contributed by atoms with Crippen LogP contribution in [0.25, 0.3) is 0 Å². The Morgan fingerprint density at radius 3 is 2.30 bits per heavy atom. The summed E-state index contributed by atoms with van der Waals surface area (Å²) in [5.74, 6) is -0.440. The zero-order valence-corrected chi connectivity index (χ0v) is 17.9. The zero-order chi connectivity index (χ0) is 22.7. The summed E-state index contributed by atoms with van der Waals surface area (Å²) in [6, 6.07) is 7.50. The van der Waals surface area contributed by atoms with Crippen LogP contribution in [0.15, 0.2) is 42.5 Å². The summed E-state index contributed by atoms with van der Waals surface area (Å²) in [5.41, 5.74) is -1.50. The number of benzene rings is 2. The van der Waals surface area contributed by atoms with E-state index in [0.29, 0.717) is 18.4 Å². The van der Waals surface area contributed by atoms with Gasteiger partial charge < -0.3 is 10.1 Å². The molecule has 0 unspecified atom stereocenters. The zero-order valence-electron chi connectivity index (χ0n) is 16.3. The minimum absolute atomic E-state index is 0.152. The van der Waals surface area contributed by atoms with E-state index in [4.69, 9.17) is 16.3 Å². The van der Waals surface area contributed by atoms with Crippen molar-refractivity contribution in [2.45, 2.75) is 26.1 Å². The molecule has 0 saturated carbocycles. The van der Waals surface area contributed by atoms with E-state index in [1.165, 1.54) is 37.3 Å². The van der Waals surface area contributed by atoms with Gasteiger partial charge in [-0.05, 0) is 56.3 Å². The van der Waals surface area contributed by atoms with E-state index >= 15 is 0 Å². The van der Waals surface area contributed by atoms with Crippen molar-refractivity contribution in [3.8, 4) is 5.75 Å². The summed E-state index contributed by atoms with van der Waals surface area (Å²) < 4.78 is 70.6. The molecular weight excluding hydrogens is 445 g/mol. The number of amides is 1. The molecule has 164 valence electrons. The predicted molar refractivity (Wildman–Crippen MR) is 109 cm³/mol. The monoisotopic (exact) mass is 464 g/mol. The van der Waals surface area contributed by atoms with Gasteiger partial charge in [-0.1, -0.05) is 11.6 Å². The third-order valence-electron chi connectivity index (χ3n) is 4.04. The van der Waals surface area contributed by atoms with Crippen molar-refractivity contribution < 1.29 is 31.1 Å². The SMILES string of the molecule is CCOc1ccc(N([C@@H](C)C(=O)Nc2ccc(Cl)cc2C(F)(F)F)S(C)(=O)=O)cc1. The molecule has 0 aliphatic carbocycles. The van der Waals surface area contributed by atoms with Crippen molar-refractivity contribution in [2.75, 3.05) is 22.5 Å². The Kier molecular flexibility index (Phi) is 7.25. The Hall–Kier alpha value is -2.46. The fourth-order valence-corrected chi connectivity index (χ4v) is 4.11. The Bertz CT molecular complexity index is 1010. The third kappa shape index (κ3) is 5.79. The minimum atomic E-state index is -4.76. The van der Waals surface area contributed by atoms with E-state index in [-0.39, 0.29) is 10.7 Å². The lowest BCUT2D eigenvalue weighted by atomic mass is 10.1. The molecule has 30 heavy (non-hydrogen) atoms. The van der Waals surface area contributed by atoms with Crippen LogP contribution in [-0.2, 0) is 21.0 Å². The third-order valence-corrected chi connectivity index (χ3v) is 5.51. The number of alkyl halides is 3. The summed E-state index contributed by atoms with van der Waals surface area (Å²) in [6.07, 6.45) is -3.86. The van der Waals surface area contributed by atoms with E-state index in [1.807, 2.05) is 0 Å². The Balaban J connectivity index is 2.36. The van der Waals surface area contributed by atoms with Gasteiger partial charge in [-0.25, -0.2) is 8.42 Å². The molecule has 1 atom stereocenters. The maximum Gasteiger partial charge on any atom is 0.418 e. The van der Waals surface area contributed by atoms with Crippen molar-refractivity contribution in [2.24, 2.45) is 0 Å².